The second kappa shape index (κ2) is 6.10. The van der Waals surface area contributed by atoms with Crippen molar-refractivity contribution < 1.29 is 9.66 Å². The number of benzene rings is 1. The van der Waals surface area contributed by atoms with Gasteiger partial charge in [0.25, 0.3) is 0 Å². The van der Waals surface area contributed by atoms with Gasteiger partial charge in [-0.1, -0.05) is 31.5 Å². The van der Waals surface area contributed by atoms with Crippen LogP contribution in [0.5, 0.6) is 11.6 Å². The zero-order chi connectivity index (χ0) is 15.6. The van der Waals surface area contributed by atoms with Crippen molar-refractivity contribution in [2.24, 2.45) is 0 Å². The van der Waals surface area contributed by atoms with Crippen LogP contribution in [0.15, 0.2) is 30.3 Å². The summed E-state index contributed by atoms with van der Waals surface area (Å²) in [5.41, 5.74) is 2.05. The van der Waals surface area contributed by atoms with Crippen molar-refractivity contribution >= 4 is 17.3 Å². The topological polar surface area (TPSA) is 65.3 Å². The Labute approximate surface area is 127 Å². The zero-order valence-corrected chi connectivity index (χ0v) is 12.7. The Morgan fingerprint density at radius 2 is 2.00 bits per heavy atom. The first-order chi connectivity index (χ1) is 9.88. The van der Waals surface area contributed by atoms with E-state index in [0.29, 0.717) is 11.7 Å². The van der Waals surface area contributed by atoms with Crippen molar-refractivity contribution in [3.8, 4) is 11.6 Å². The third-order valence-electron chi connectivity index (χ3n) is 3.08. The molecule has 0 radical (unpaired) electrons. The van der Waals surface area contributed by atoms with Crippen LogP contribution in [0, 0.1) is 17.0 Å². The molecule has 21 heavy (non-hydrogen) atoms. The van der Waals surface area contributed by atoms with E-state index in [-0.39, 0.29) is 16.7 Å². The molecular formula is C15H15ClN2O3. The van der Waals surface area contributed by atoms with Gasteiger partial charge in [-0.25, -0.2) is 0 Å². The minimum absolute atomic E-state index is 0.107. The molecule has 1 aromatic heterocycles. The Morgan fingerprint density at radius 3 is 2.57 bits per heavy atom. The van der Waals surface area contributed by atoms with Crippen LogP contribution in [0.1, 0.15) is 30.9 Å². The molecule has 0 unspecified atom stereocenters. The maximum absolute atomic E-state index is 11.0. The first-order valence-corrected chi connectivity index (χ1v) is 6.85. The Hall–Kier alpha value is -2.14. The third kappa shape index (κ3) is 3.49. The van der Waals surface area contributed by atoms with Crippen LogP contribution in [0.4, 0.5) is 5.69 Å². The average molecular weight is 307 g/mol. The predicted molar refractivity (Wildman–Crippen MR) is 81.2 cm³/mol. The number of nitrogens with zero attached hydrogens (tertiary/aromatic N) is 2. The van der Waals surface area contributed by atoms with E-state index in [1.54, 1.807) is 6.07 Å². The molecular weight excluding hydrogens is 292 g/mol. The number of rotatable bonds is 4. The normalized spacial score (nSPS) is 10.7. The van der Waals surface area contributed by atoms with Gasteiger partial charge in [0.05, 0.1) is 4.92 Å². The van der Waals surface area contributed by atoms with Gasteiger partial charge in [0.2, 0.25) is 0 Å². The summed E-state index contributed by atoms with van der Waals surface area (Å²) in [7, 11) is 0. The van der Waals surface area contributed by atoms with Gasteiger partial charge in [-0.2, -0.15) is 4.98 Å². The summed E-state index contributed by atoms with van der Waals surface area (Å²) in [6.07, 6.45) is 0. The van der Waals surface area contributed by atoms with E-state index in [1.807, 2.05) is 19.1 Å². The number of aryl methyl sites for hydroxylation is 1. The highest BCUT2D eigenvalue weighted by atomic mass is 35.5. The van der Waals surface area contributed by atoms with Gasteiger partial charge in [-0.05, 0) is 42.2 Å². The van der Waals surface area contributed by atoms with Crippen molar-refractivity contribution in [2.45, 2.75) is 26.7 Å². The molecule has 0 amide bonds. The van der Waals surface area contributed by atoms with Crippen molar-refractivity contribution in [2.75, 3.05) is 0 Å². The molecule has 0 fully saturated rings. The number of aromatic nitrogens is 1. The van der Waals surface area contributed by atoms with Crippen molar-refractivity contribution in [1.82, 2.24) is 4.98 Å². The van der Waals surface area contributed by atoms with Gasteiger partial charge in [-0.3, -0.25) is 10.1 Å². The Morgan fingerprint density at radius 1 is 1.29 bits per heavy atom. The standard InChI is InChI=1S/C15H15ClN2O3/c1-9(2)12-5-4-11(8-10(12)3)21-15-13(18(19)20)6-7-14(16)17-15/h4-9H,1-3H3. The number of hydrogen-bond acceptors (Lipinski definition) is 4. The molecule has 1 aromatic carbocycles. The molecule has 2 rings (SSSR count). The fourth-order valence-corrected chi connectivity index (χ4v) is 2.24. The number of nitro groups is 1. The second-order valence-corrected chi connectivity index (χ2v) is 5.38. The average Bonchev–Trinajstić information content (AvgIpc) is 2.37. The van der Waals surface area contributed by atoms with E-state index in [1.165, 1.54) is 17.7 Å². The molecule has 0 aliphatic carbocycles. The lowest BCUT2D eigenvalue weighted by molar-refractivity contribution is -0.386. The van der Waals surface area contributed by atoms with Crippen LogP contribution >= 0.6 is 11.6 Å². The Balaban J connectivity index is 2.36. The highest BCUT2D eigenvalue weighted by Crippen LogP contribution is 2.32. The second-order valence-electron chi connectivity index (χ2n) is 4.99. The number of ether oxygens (including phenoxy) is 1. The number of hydrogen-bond donors (Lipinski definition) is 0. The van der Waals surface area contributed by atoms with E-state index in [2.05, 4.69) is 18.8 Å². The molecule has 1 heterocycles. The lowest BCUT2D eigenvalue weighted by Gasteiger charge is -2.12. The molecule has 0 N–H and O–H groups in total. The van der Waals surface area contributed by atoms with Gasteiger partial charge >= 0.3 is 11.6 Å². The van der Waals surface area contributed by atoms with Gasteiger partial charge < -0.3 is 4.74 Å². The van der Waals surface area contributed by atoms with Crippen molar-refractivity contribution in [3.05, 3.63) is 56.7 Å². The van der Waals surface area contributed by atoms with Gasteiger partial charge in [0, 0.05) is 6.07 Å². The van der Waals surface area contributed by atoms with Crippen LogP contribution in [-0.4, -0.2) is 9.91 Å². The Bertz CT molecular complexity index is 687. The molecule has 110 valence electrons. The van der Waals surface area contributed by atoms with Crippen LogP contribution in [-0.2, 0) is 0 Å². The minimum Gasteiger partial charge on any atom is -0.434 e. The zero-order valence-electron chi connectivity index (χ0n) is 12.0. The smallest absolute Gasteiger partial charge is 0.331 e. The van der Waals surface area contributed by atoms with Gasteiger partial charge in [0.15, 0.2) is 0 Å². The first-order valence-electron chi connectivity index (χ1n) is 6.48. The Kier molecular flexibility index (Phi) is 4.43. The summed E-state index contributed by atoms with van der Waals surface area (Å²) >= 11 is 5.77. The van der Waals surface area contributed by atoms with Crippen LogP contribution in [0.3, 0.4) is 0 Å². The van der Waals surface area contributed by atoms with Gasteiger partial charge in [0.1, 0.15) is 10.9 Å². The summed E-state index contributed by atoms with van der Waals surface area (Å²) in [6.45, 7) is 6.18. The van der Waals surface area contributed by atoms with Crippen LogP contribution in [0.25, 0.3) is 0 Å². The molecule has 5 nitrogen and oxygen atoms in total. The van der Waals surface area contributed by atoms with Gasteiger partial charge in [-0.15, -0.1) is 0 Å². The summed E-state index contributed by atoms with van der Waals surface area (Å²) in [4.78, 5) is 14.3. The highest BCUT2D eigenvalue weighted by molar-refractivity contribution is 6.29. The monoisotopic (exact) mass is 306 g/mol. The fraction of sp³-hybridized carbons (Fsp3) is 0.267. The quantitative estimate of drug-likeness (QED) is 0.459. The molecule has 0 saturated heterocycles. The van der Waals surface area contributed by atoms with E-state index in [4.69, 9.17) is 16.3 Å². The van der Waals surface area contributed by atoms with Crippen molar-refractivity contribution in [1.29, 1.82) is 0 Å². The largest absolute Gasteiger partial charge is 0.434 e. The number of pyridine rings is 1. The van der Waals surface area contributed by atoms with E-state index in [0.717, 1.165) is 5.56 Å². The lowest BCUT2D eigenvalue weighted by atomic mass is 9.98. The molecule has 0 aliphatic rings. The lowest BCUT2D eigenvalue weighted by Crippen LogP contribution is -1.97. The van der Waals surface area contributed by atoms with E-state index in [9.17, 15) is 10.1 Å². The molecule has 0 atom stereocenters. The summed E-state index contributed by atoms with van der Waals surface area (Å²) < 4.78 is 5.53. The molecule has 2 aromatic rings. The fourth-order valence-electron chi connectivity index (χ4n) is 2.10. The molecule has 0 spiro atoms. The molecule has 0 aliphatic heterocycles. The maximum Gasteiger partial charge on any atom is 0.331 e. The summed E-state index contributed by atoms with van der Waals surface area (Å²) in [6, 6.07) is 8.20. The summed E-state index contributed by atoms with van der Waals surface area (Å²) in [5, 5.41) is 11.1. The highest BCUT2D eigenvalue weighted by Gasteiger charge is 2.18. The number of halogens is 1. The van der Waals surface area contributed by atoms with E-state index < -0.39 is 4.92 Å². The first kappa shape index (κ1) is 15.3. The van der Waals surface area contributed by atoms with E-state index >= 15 is 0 Å². The minimum atomic E-state index is -0.548. The third-order valence-corrected chi connectivity index (χ3v) is 3.29. The van der Waals surface area contributed by atoms with Crippen LogP contribution in [0.2, 0.25) is 5.15 Å². The van der Waals surface area contributed by atoms with Crippen LogP contribution < -0.4 is 4.74 Å². The maximum atomic E-state index is 11.0. The molecule has 6 heteroatoms. The summed E-state index contributed by atoms with van der Waals surface area (Å²) in [5.74, 6) is 0.789. The molecule has 0 saturated carbocycles. The molecule has 0 bridgehead atoms. The van der Waals surface area contributed by atoms with Crippen molar-refractivity contribution in [3.63, 3.8) is 0 Å². The SMILES string of the molecule is Cc1cc(Oc2nc(Cl)ccc2[N+](=O)[O-])ccc1C(C)C. The predicted octanol–water partition coefficient (Wildman–Crippen LogP) is 4.87.